The number of halogens is 7. The topological polar surface area (TPSA) is 45.2 Å². The van der Waals surface area contributed by atoms with Crippen LogP contribution in [-0.4, -0.2) is 48.5 Å². The SMILES string of the molecule is O=C(NCC1CCCN(c2nccs2)C1)C(F)(F)C(F)(F)C(F)(F)F. The molecule has 4 nitrogen and oxygen atoms in total. The molecule has 0 bridgehead atoms. The number of amides is 1. The van der Waals surface area contributed by atoms with Gasteiger partial charge in [-0.1, -0.05) is 0 Å². The third-order valence-electron chi connectivity index (χ3n) is 3.80. The van der Waals surface area contributed by atoms with Gasteiger partial charge in [0.05, 0.1) is 0 Å². The summed E-state index contributed by atoms with van der Waals surface area (Å²) in [7, 11) is 0. The zero-order valence-corrected chi connectivity index (χ0v) is 13.4. The maximum absolute atomic E-state index is 13.2. The van der Waals surface area contributed by atoms with E-state index in [-0.39, 0.29) is 5.92 Å². The second-order valence-corrected chi connectivity index (χ2v) is 6.50. The van der Waals surface area contributed by atoms with Gasteiger partial charge >= 0.3 is 18.0 Å². The van der Waals surface area contributed by atoms with E-state index in [4.69, 9.17) is 0 Å². The maximum Gasteiger partial charge on any atom is 0.460 e. The fraction of sp³-hybridized carbons (Fsp3) is 0.692. The van der Waals surface area contributed by atoms with Crippen molar-refractivity contribution in [1.29, 1.82) is 0 Å². The number of aromatic nitrogens is 1. The van der Waals surface area contributed by atoms with Crippen molar-refractivity contribution in [2.45, 2.75) is 30.9 Å². The summed E-state index contributed by atoms with van der Waals surface area (Å²) in [4.78, 5) is 17.2. The van der Waals surface area contributed by atoms with Gasteiger partial charge in [0.2, 0.25) is 0 Å². The summed E-state index contributed by atoms with van der Waals surface area (Å²) in [5.41, 5.74) is 0. The first-order chi connectivity index (χ1) is 11.5. The van der Waals surface area contributed by atoms with Gasteiger partial charge in [-0.3, -0.25) is 4.79 Å². The summed E-state index contributed by atoms with van der Waals surface area (Å²) in [5, 5.41) is 3.95. The molecular weight excluding hydrogens is 379 g/mol. The zero-order valence-electron chi connectivity index (χ0n) is 12.6. The number of thiazole rings is 1. The number of carbonyl (C=O) groups excluding carboxylic acids is 1. The summed E-state index contributed by atoms with van der Waals surface area (Å²) < 4.78 is 88.3. The molecule has 142 valence electrons. The molecule has 1 saturated heterocycles. The monoisotopic (exact) mass is 393 g/mol. The minimum Gasteiger partial charge on any atom is -0.350 e. The van der Waals surface area contributed by atoms with Gasteiger partial charge in [-0.2, -0.15) is 30.7 Å². The lowest BCUT2D eigenvalue weighted by Gasteiger charge is -2.33. The summed E-state index contributed by atoms with van der Waals surface area (Å²) >= 11 is 1.35. The van der Waals surface area contributed by atoms with Crippen LogP contribution < -0.4 is 10.2 Å². The van der Waals surface area contributed by atoms with E-state index >= 15 is 0 Å². The molecule has 25 heavy (non-hydrogen) atoms. The number of nitrogens with one attached hydrogen (secondary N) is 1. The largest absolute Gasteiger partial charge is 0.460 e. The lowest BCUT2D eigenvalue weighted by molar-refractivity contribution is -0.344. The summed E-state index contributed by atoms with van der Waals surface area (Å²) in [6.07, 6.45) is -3.79. The Morgan fingerprint density at radius 3 is 2.52 bits per heavy atom. The van der Waals surface area contributed by atoms with E-state index in [1.807, 2.05) is 4.90 Å². The predicted octanol–water partition coefficient (Wildman–Crippen LogP) is 3.31. The molecule has 0 radical (unpaired) electrons. The molecule has 12 heteroatoms. The van der Waals surface area contributed by atoms with E-state index in [2.05, 4.69) is 4.98 Å². The van der Waals surface area contributed by atoms with E-state index in [1.165, 1.54) is 16.7 Å². The van der Waals surface area contributed by atoms with Gasteiger partial charge in [0.25, 0.3) is 5.91 Å². The smallest absolute Gasteiger partial charge is 0.350 e. The van der Waals surface area contributed by atoms with Gasteiger partial charge in [0.15, 0.2) is 5.13 Å². The molecule has 1 aliphatic rings. The summed E-state index contributed by atoms with van der Waals surface area (Å²) in [6, 6.07) is 0. The Bertz CT molecular complexity index is 591. The molecule has 0 saturated carbocycles. The third-order valence-corrected chi connectivity index (χ3v) is 4.63. The first-order valence-corrected chi connectivity index (χ1v) is 8.10. The van der Waals surface area contributed by atoms with Crippen LogP contribution in [0.25, 0.3) is 0 Å². The van der Waals surface area contributed by atoms with Crippen LogP contribution in [0.1, 0.15) is 12.8 Å². The molecule has 0 aromatic carbocycles. The van der Waals surface area contributed by atoms with E-state index < -0.39 is 30.5 Å². The van der Waals surface area contributed by atoms with Crippen molar-refractivity contribution in [1.82, 2.24) is 10.3 Å². The van der Waals surface area contributed by atoms with E-state index in [0.717, 1.165) is 0 Å². The molecule has 1 fully saturated rings. The summed E-state index contributed by atoms with van der Waals surface area (Å²) in [5.74, 6) is -15.3. The molecule has 1 N–H and O–H groups in total. The van der Waals surface area contributed by atoms with Crippen molar-refractivity contribution >= 4 is 22.4 Å². The van der Waals surface area contributed by atoms with E-state index in [1.54, 1.807) is 11.6 Å². The van der Waals surface area contributed by atoms with Gasteiger partial charge in [-0.15, -0.1) is 11.3 Å². The summed E-state index contributed by atoms with van der Waals surface area (Å²) in [6.45, 7) is 0.555. The standard InChI is InChI=1S/C13H14F7N3OS/c14-11(15,12(16,17)13(18,19)20)9(24)22-6-8-2-1-4-23(7-8)10-21-3-5-25-10/h3,5,8H,1-2,4,6-7H2,(H,22,24). The maximum atomic E-state index is 13.2. The minimum atomic E-state index is -6.53. The van der Waals surface area contributed by atoms with Crippen molar-refractivity contribution < 1.29 is 35.5 Å². The Kier molecular flexibility index (Phi) is 5.50. The van der Waals surface area contributed by atoms with Crippen LogP contribution in [0.2, 0.25) is 0 Å². The lowest BCUT2D eigenvalue weighted by Crippen LogP contribution is -2.60. The fourth-order valence-corrected chi connectivity index (χ4v) is 3.13. The molecule has 2 rings (SSSR count). The Labute approximate surface area is 142 Å². The highest BCUT2D eigenvalue weighted by molar-refractivity contribution is 7.13. The average Bonchev–Trinajstić information content (AvgIpc) is 3.06. The number of hydrogen-bond donors (Lipinski definition) is 1. The molecule has 0 aliphatic carbocycles. The van der Waals surface area contributed by atoms with Crippen LogP contribution in [0.4, 0.5) is 35.9 Å². The highest BCUT2D eigenvalue weighted by atomic mass is 32.1. The quantitative estimate of drug-likeness (QED) is 0.781. The van der Waals surface area contributed by atoms with Gasteiger partial charge in [-0.05, 0) is 18.8 Å². The molecule has 1 aromatic heterocycles. The molecule has 1 atom stereocenters. The Hall–Kier alpha value is -1.59. The molecule has 1 aromatic rings. The fourth-order valence-electron chi connectivity index (χ4n) is 2.45. The number of nitrogens with zero attached hydrogens (tertiary/aromatic N) is 2. The number of rotatable bonds is 5. The Balaban J connectivity index is 1.95. The van der Waals surface area contributed by atoms with Crippen LogP contribution in [0.3, 0.4) is 0 Å². The number of anilines is 1. The van der Waals surface area contributed by atoms with Crippen molar-refractivity contribution in [2.24, 2.45) is 5.92 Å². The molecule has 0 spiro atoms. The second-order valence-electron chi connectivity index (χ2n) is 5.63. The minimum absolute atomic E-state index is 0.328. The van der Waals surface area contributed by atoms with Gasteiger partial charge in [0.1, 0.15) is 0 Å². The zero-order chi connectivity index (χ0) is 18.9. The third kappa shape index (κ3) is 3.98. The van der Waals surface area contributed by atoms with E-state index in [0.29, 0.717) is 31.1 Å². The average molecular weight is 393 g/mol. The van der Waals surface area contributed by atoms with Crippen LogP contribution in [0, 0.1) is 5.92 Å². The lowest BCUT2D eigenvalue weighted by atomic mass is 9.98. The Morgan fingerprint density at radius 2 is 1.96 bits per heavy atom. The van der Waals surface area contributed by atoms with Gasteiger partial charge in [-0.25, -0.2) is 4.98 Å². The normalized spacial score (nSPS) is 19.8. The Morgan fingerprint density at radius 1 is 1.28 bits per heavy atom. The van der Waals surface area contributed by atoms with Crippen LogP contribution >= 0.6 is 11.3 Å². The van der Waals surface area contributed by atoms with Crippen molar-refractivity contribution in [3.05, 3.63) is 11.6 Å². The van der Waals surface area contributed by atoms with Crippen molar-refractivity contribution in [3.8, 4) is 0 Å². The highest BCUT2D eigenvalue weighted by Gasteiger charge is 2.76. The number of hydrogen-bond acceptors (Lipinski definition) is 4. The van der Waals surface area contributed by atoms with Crippen LogP contribution in [0.5, 0.6) is 0 Å². The number of alkyl halides is 7. The molecule has 1 aliphatic heterocycles. The molecule has 2 heterocycles. The first-order valence-electron chi connectivity index (χ1n) is 7.22. The van der Waals surface area contributed by atoms with Gasteiger partial charge in [0, 0.05) is 31.2 Å². The second kappa shape index (κ2) is 6.96. The first kappa shape index (κ1) is 19.7. The van der Waals surface area contributed by atoms with Crippen molar-refractivity contribution in [3.63, 3.8) is 0 Å². The molecule has 1 amide bonds. The van der Waals surface area contributed by atoms with Crippen LogP contribution in [-0.2, 0) is 4.79 Å². The number of carbonyl (C=O) groups is 1. The van der Waals surface area contributed by atoms with E-state index in [9.17, 15) is 35.5 Å². The van der Waals surface area contributed by atoms with Crippen LogP contribution in [0.15, 0.2) is 11.6 Å². The highest BCUT2D eigenvalue weighted by Crippen LogP contribution is 2.46. The molecule has 1 unspecified atom stereocenters. The van der Waals surface area contributed by atoms with Crippen molar-refractivity contribution in [2.75, 3.05) is 24.5 Å². The predicted molar refractivity (Wildman–Crippen MR) is 76.0 cm³/mol. The van der Waals surface area contributed by atoms with Gasteiger partial charge < -0.3 is 10.2 Å². The molecular formula is C13H14F7N3OS. The number of piperidine rings is 1.